The molecule has 0 spiro atoms. The summed E-state index contributed by atoms with van der Waals surface area (Å²) in [7, 11) is 8.44. The molecular weight excluding hydrogens is 298 g/mol. The van der Waals surface area contributed by atoms with E-state index in [1.165, 1.54) is 30.2 Å². The van der Waals surface area contributed by atoms with Crippen LogP contribution < -0.4 is 5.11 Å². The van der Waals surface area contributed by atoms with Crippen molar-refractivity contribution in [1.29, 1.82) is 0 Å². The van der Waals surface area contributed by atoms with Gasteiger partial charge in [-0.05, 0) is 13.0 Å². The van der Waals surface area contributed by atoms with Gasteiger partial charge in [-0.15, -0.1) is 0 Å². The van der Waals surface area contributed by atoms with E-state index >= 15 is 0 Å². The molecule has 7 nitrogen and oxygen atoms in total. The number of carboxylic acids is 2. The molecular formula is C16H23N3O4. The first-order valence-corrected chi connectivity index (χ1v) is 7.18. The summed E-state index contributed by atoms with van der Waals surface area (Å²) in [6.45, 7) is 3.37. The molecule has 0 aromatic heterocycles. The van der Waals surface area contributed by atoms with Gasteiger partial charge in [0.1, 0.15) is 6.04 Å². The molecule has 126 valence electrons. The molecule has 0 aliphatic carbocycles. The molecule has 1 N–H and O–H groups in total. The van der Waals surface area contributed by atoms with Gasteiger partial charge < -0.3 is 15.0 Å². The maximum atomic E-state index is 10.4. The van der Waals surface area contributed by atoms with E-state index in [1.807, 2.05) is 0 Å². The minimum absolute atomic E-state index is 0.252. The summed E-state index contributed by atoms with van der Waals surface area (Å²) in [5.74, 6) is -1.44. The quantitative estimate of drug-likeness (QED) is 0.748. The third kappa shape index (κ3) is 4.45. The number of rotatable bonds is 2. The highest BCUT2D eigenvalue weighted by Gasteiger charge is 2.31. The molecule has 1 heterocycles. The van der Waals surface area contributed by atoms with Crippen molar-refractivity contribution in [2.45, 2.75) is 13.0 Å². The highest BCUT2D eigenvalue weighted by atomic mass is 16.4. The van der Waals surface area contributed by atoms with Crippen LogP contribution in [0, 0.1) is 0 Å². The Morgan fingerprint density at radius 1 is 1.30 bits per heavy atom. The van der Waals surface area contributed by atoms with Crippen molar-refractivity contribution in [3.8, 4) is 0 Å². The van der Waals surface area contributed by atoms with Gasteiger partial charge in [0.05, 0.1) is 46.3 Å². The number of hydrogen-bond donors (Lipinski definition) is 1. The summed E-state index contributed by atoms with van der Waals surface area (Å²) in [4.78, 5) is 25.2. The second-order valence-electron chi connectivity index (χ2n) is 5.67. The van der Waals surface area contributed by atoms with E-state index in [0.717, 1.165) is 6.54 Å². The molecule has 0 saturated heterocycles. The number of carbonyl (C=O) groups excluding carboxylic acids is 1. The van der Waals surface area contributed by atoms with E-state index in [2.05, 4.69) is 49.5 Å². The third-order valence-corrected chi connectivity index (χ3v) is 3.63. The molecule has 0 saturated carbocycles. The Kier molecular flexibility index (Phi) is 6.12. The summed E-state index contributed by atoms with van der Waals surface area (Å²) in [5.41, 5.74) is -0.553. The van der Waals surface area contributed by atoms with Gasteiger partial charge in [0, 0.05) is 5.56 Å². The van der Waals surface area contributed by atoms with Crippen LogP contribution in [0.4, 0.5) is 0 Å². The molecule has 1 aromatic rings. The molecule has 1 unspecified atom stereocenters. The molecule has 0 fully saturated rings. The molecule has 7 heteroatoms. The highest BCUT2D eigenvalue weighted by molar-refractivity contribution is 6.00. The molecule has 0 amide bonds. The number of aromatic carboxylic acids is 2. The van der Waals surface area contributed by atoms with Crippen LogP contribution in [-0.4, -0.2) is 78.2 Å². The minimum Gasteiger partial charge on any atom is -0.545 e. The van der Waals surface area contributed by atoms with Crippen LogP contribution in [-0.2, 0) is 0 Å². The lowest BCUT2D eigenvalue weighted by atomic mass is 10.1. The first kappa shape index (κ1) is 18.5. The lowest BCUT2D eigenvalue weighted by Gasteiger charge is -2.12. The van der Waals surface area contributed by atoms with Gasteiger partial charge >= 0.3 is 11.9 Å². The average Bonchev–Trinajstić information content (AvgIpc) is 2.72. The molecule has 0 radical (unpaired) electrons. The van der Waals surface area contributed by atoms with Crippen molar-refractivity contribution < 1.29 is 24.4 Å². The van der Waals surface area contributed by atoms with Crippen molar-refractivity contribution in [3.63, 3.8) is 0 Å². The van der Waals surface area contributed by atoms with Gasteiger partial charge in [-0.25, -0.2) is 4.79 Å². The van der Waals surface area contributed by atoms with Crippen LogP contribution in [0.2, 0.25) is 0 Å². The van der Waals surface area contributed by atoms with E-state index in [9.17, 15) is 14.7 Å². The van der Waals surface area contributed by atoms with Crippen molar-refractivity contribution in [1.82, 2.24) is 9.80 Å². The monoisotopic (exact) mass is 321 g/mol. The summed E-state index contributed by atoms with van der Waals surface area (Å²) >= 11 is 0. The highest BCUT2D eigenvalue weighted by Crippen LogP contribution is 2.07. The number of likely N-dealkylation sites (N-methyl/N-ethyl adjacent to an activating group) is 2. The number of carboxylic acid groups (broad SMARTS) is 2. The Morgan fingerprint density at radius 3 is 2.09 bits per heavy atom. The van der Waals surface area contributed by atoms with E-state index in [-0.39, 0.29) is 11.1 Å². The Balaban J connectivity index is 0.000000231. The van der Waals surface area contributed by atoms with E-state index in [4.69, 9.17) is 5.11 Å². The molecule has 1 aliphatic heterocycles. The first-order chi connectivity index (χ1) is 10.7. The fraction of sp³-hybridized carbons (Fsp3) is 0.438. The third-order valence-electron chi connectivity index (χ3n) is 3.63. The summed E-state index contributed by atoms with van der Waals surface area (Å²) in [5, 5.41) is 18.9. The fourth-order valence-electron chi connectivity index (χ4n) is 2.57. The largest absolute Gasteiger partial charge is 0.545 e. The zero-order valence-corrected chi connectivity index (χ0v) is 14.1. The number of carbonyl (C=O) groups is 2. The first-order valence-electron chi connectivity index (χ1n) is 7.18. The lowest BCUT2D eigenvalue weighted by Crippen LogP contribution is -2.37. The molecule has 23 heavy (non-hydrogen) atoms. The SMILES string of the molecule is CC1CN(C)C(N(C)C)=[N+]1C.O=C([O-])c1ccccc1C(=O)O. The molecule has 1 atom stereocenters. The number of benzene rings is 1. The second kappa shape index (κ2) is 7.62. The summed E-state index contributed by atoms with van der Waals surface area (Å²) in [6, 6.07) is 5.94. The zero-order chi connectivity index (χ0) is 17.7. The van der Waals surface area contributed by atoms with Crippen LogP contribution in [0.25, 0.3) is 0 Å². The Labute approximate surface area is 136 Å². The van der Waals surface area contributed by atoms with E-state index in [1.54, 1.807) is 0 Å². The average molecular weight is 321 g/mol. The minimum atomic E-state index is -1.48. The molecule has 0 bridgehead atoms. The van der Waals surface area contributed by atoms with Gasteiger partial charge in [0.15, 0.2) is 0 Å². The normalized spacial score (nSPS) is 16.7. The topological polar surface area (TPSA) is 86.9 Å². The number of hydrogen-bond acceptors (Lipinski definition) is 5. The maximum Gasteiger partial charge on any atom is 0.350 e. The van der Waals surface area contributed by atoms with Crippen molar-refractivity contribution in [2.24, 2.45) is 0 Å². The number of guanidine groups is 1. The van der Waals surface area contributed by atoms with E-state index in [0.29, 0.717) is 6.04 Å². The second-order valence-corrected chi connectivity index (χ2v) is 5.67. The van der Waals surface area contributed by atoms with Gasteiger partial charge in [0.25, 0.3) is 0 Å². The Hall–Kier alpha value is -2.57. The fourth-order valence-corrected chi connectivity index (χ4v) is 2.57. The van der Waals surface area contributed by atoms with Crippen LogP contribution in [0.15, 0.2) is 24.3 Å². The van der Waals surface area contributed by atoms with E-state index < -0.39 is 11.9 Å². The summed E-state index contributed by atoms with van der Waals surface area (Å²) in [6.07, 6.45) is 0. The Bertz CT molecular complexity index is 593. The number of nitrogens with zero attached hydrogens (tertiary/aromatic N) is 3. The summed E-state index contributed by atoms with van der Waals surface area (Å²) < 4.78 is 2.31. The standard InChI is InChI=1S/C8H18N3.C8H6O4/c1-7-6-10(4)8(9(2)3)11(7)5;9-7(10)5-3-1-2-4-6(5)8(11)12/h7H,6H2,1-5H3;1-4H,(H,9,10)(H,11,12)/q+1;/p-1. The predicted molar refractivity (Wildman–Crippen MR) is 84.7 cm³/mol. The molecule has 2 rings (SSSR count). The Morgan fingerprint density at radius 2 is 1.83 bits per heavy atom. The van der Waals surface area contributed by atoms with Gasteiger partial charge in [-0.1, -0.05) is 18.2 Å². The molecule has 1 aliphatic rings. The van der Waals surface area contributed by atoms with Gasteiger partial charge in [-0.2, -0.15) is 0 Å². The van der Waals surface area contributed by atoms with Crippen LogP contribution >= 0.6 is 0 Å². The zero-order valence-electron chi connectivity index (χ0n) is 14.1. The lowest BCUT2D eigenvalue weighted by molar-refractivity contribution is -0.526. The predicted octanol–water partition coefficient (Wildman–Crippen LogP) is -0.371. The maximum absolute atomic E-state index is 10.4. The van der Waals surface area contributed by atoms with Crippen LogP contribution in [0.3, 0.4) is 0 Å². The van der Waals surface area contributed by atoms with Crippen molar-refractivity contribution in [3.05, 3.63) is 35.4 Å². The smallest absolute Gasteiger partial charge is 0.350 e. The molecule has 1 aromatic carbocycles. The van der Waals surface area contributed by atoms with Crippen molar-refractivity contribution in [2.75, 3.05) is 34.7 Å². The van der Waals surface area contributed by atoms with Crippen LogP contribution in [0.1, 0.15) is 27.6 Å². The van der Waals surface area contributed by atoms with Crippen molar-refractivity contribution >= 4 is 17.9 Å². The van der Waals surface area contributed by atoms with Gasteiger partial charge in [-0.3, -0.25) is 14.4 Å². The van der Waals surface area contributed by atoms with Gasteiger partial charge in [0.2, 0.25) is 0 Å². The van der Waals surface area contributed by atoms with Crippen LogP contribution in [0.5, 0.6) is 0 Å².